The van der Waals surface area contributed by atoms with Gasteiger partial charge in [0.15, 0.2) is 0 Å². The van der Waals surface area contributed by atoms with E-state index in [1.807, 2.05) is 0 Å². The van der Waals surface area contributed by atoms with E-state index in [0.717, 1.165) is 19.4 Å². The van der Waals surface area contributed by atoms with Crippen molar-refractivity contribution < 1.29 is 0 Å². The lowest BCUT2D eigenvalue weighted by molar-refractivity contribution is 0.499. The Kier molecular flexibility index (Phi) is 5.60. The van der Waals surface area contributed by atoms with Crippen LogP contribution < -0.4 is 5.32 Å². The van der Waals surface area contributed by atoms with Crippen LogP contribution in [0.5, 0.6) is 0 Å². The van der Waals surface area contributed by atoms with Crippen LogP contribution in [0.3, 0.4) is 0 Å². The van der Waals surface area contributed by atoms with Gasteiger partial charge in [-0.15, -0.1) is 0 Å². The number of nitrogens with one attached hydrogen (secondary N) is 1. The molecule has 116 valence electrons. The molecule has 3 rings (SSSR count). The topological polar surface area (TPSA) is 12.0 Å². The molecule has 3 aromatic rings. The van der Waals surface area contributed by atoms with Crippen molar-refractivity contribution in [3.05, 3.63) is 108 Å². The van der Waals surface area contributed by atoms with Crippen molar-refractivity contribution in [1.82, 2.24) is 5.32 Å². The minimum atomic E-state index is 0.372. The summed E-state index contributed by atoms with van der Waals surface area (Å²) in [7, 11) is 0. The van der Waals surface area contributed by atoms with Crippen molar-refractivity contribution in [1.29, 1.82) is 0 Å². The Balaban J connectivity index is 1.66. The Labute approximate surface area is 139 Å². The smallest absolute Gasteiger partial charge is 0.0326 e. The van der Waals surface area contributed by atoms with Crippen LogP contribution in [0.4, 0.5) is 0 Å². The van der Waals surface area contributed by atoms with Gasteiger partial charge in [-0.2, -0.15) is 0 Å². The van der Waals surface area contributed by atoms with E-state index in [2.05, 4.69) is 96.3 Å². The Hall–Kier alpha value is -2.38. The highest BCUT2D eigenvalue weighted by Gasteiger charge is 2.10. The minimum absolute atomic E-state index is 0.372. The molecule has 1 nitrogen and oxygen atoms in total. The summed E-state index contributed by atoms with van der Waals surface area (Å²) in [6, 6.07) is 32.4. The highest BCUT2D eigenvalue weighted by atomic mass is 14.9. The Bertz CT molecular complexity index is 633. The fourth-order valence-corrected chi connectivity index (χ4v) is 2.86. The summed E-state index contributed by atoms with van der Waals surface area (Å²) in [6.07, 6.45) is 2.18. The standard InChI is InChI=1S/C22H23N/c1-4-10-19(11-5-1)16-17-22(21-14-8-3-9-15-21)23-18-20-12-6-2-7-13-20/h1-15,22-23H,16-18H2. The zero-order valence-electron chi connectivity index (χ0n) is 13.4. The Morgan fingerprint density at radius 1 is 0.609 bits per heavy atom. The average Bonchev–Trinajstić information content (AvgIpc) is 2.64. The van der Waals surface area contributed by atoms with Gasteiger partial charge in [0.1, 0.15) is 0 Å². The van der Waals surface area contributed by atoms with E-state index in [9.17, 15) is 0 Å². The number of hydrogen-bond donors (Lipinski definition) is 1. The molecular formula is C22H23N. The first-order chi connectivity index (χ1) is 11.4. The van der Waals surface area contributed by atoms with E-state index in [1.54, 1.807) is 0 Å². The molecule has 1 unspecified atom stereocenters. The molecule has 0 bridgehead atoms. The van der Waals surface area contributed by atoms with E-state index >= 15 is 0 Å². The van der Waals surface area contributed by atoms with Crippen molar-refractivity contribution in [2.24, 2.45) is 0 Å². The number of aryl methyl sites for hydroxylation is 1. The predicted molar refractivity (Wildman–Crippen MR) is 97.2 cm³/mol. The maximum Gasteiger partial charge on any atom is 0.0326 e. The molecule has 0 saturated carbocycles. The molecule has 0 aliphatic carbocycles. The summed E-state index contributed by atoms with van der Waals surface area (Å²) >= 11 is 0. The number of benzene rings is 3. The molecule has 0 radical (unpaired) electrons. The molecular weight excluding hydrogens is 278 g/mol. The van der Waals surface area contributed by atoms with E-state index < -0.39 is 0 Å². The van der Waals surface area contributed by atoms with Crippen LogP contribution >= 0.6 is 0 Å². The first-order valence-electron chi connectivity index (χ1n) is 8.28. The molecule has 0 aliphatic heterocycles. The molecule has 0 saturated heterocycles. The van der Waals surface area contributed by atoms with Crippen molar-refractivity contribution in [3.8, 4) is 0 Å². The third kappa shape index (κ3) is 4.80. The quantitative estimate of drug-likeness (QED) is 0.636. The lowest BCUT2D eigenvalue weighted by atomic mass is 9.98. The van der Waals surface area contributed by atoms with E-state index in [1.165, 1.54) is 16.7 Å². The molecule has 1 heteroatoms. The van der Waals surface area contributed by atoms with Crippen LogP contribution in [-0.2, 0) is 13.0 Å². The SMILES string of the molecule is c1ccc(CCC(NCc2ccccc2)c2ccccc2)cc1. The lowest BCUT2D eigenvalue weighted by Crippen LogP contribution is -2.21. The zero-order valence-corrected chi connectivity index (χ0v) is 13.4. The van der Waals surface area contributed by atoms with Gasteiger partial charge in [-0.25, -0.2) is 0 Å². The summed E-state index contributed by atoms with van der Waals surface area (Å²) in [5, 5.41) is 3.72. The highest BCUT2D eigenvalue weighted by molar-refractivity contribution is 5.21. The van der Waals surface area contributed by atoms with Crippen molar-refractivity contribution in [3.63, 3.8) is 0 Å². The molecule has 0 fully saturated rings. The molecule has 0 aliphatic rings. The van der Waals surface area contributed by atoms with Crippen LogP contribution in [-0.4, -0.2) is 0 Å². The molecule has 1 N–H and O–H groups in total. The summed E-state index contributed by atoms with van der Waals surface area (Å²) in [5.74, 6) is 0. The Morgan fingerprint density at radius 2 is 1.13 bits per heavy atom. The molecule has 3 aromatic carbocycles. The lowest BCUT2D eigenvalue weighted by Gasteiger charge is -2.19. The van der Waals surface area contributed by atoms with Crippen molar-refractivity contribution in [2.45, 2.75) is 25.4 Å². The first-order valence-corrected chi connectivity index (χ1v) is 8.28. The summed E-state index contributed by atoms with van der Waals surface area (Å²) in [6.45, 7) is 0.898. The second-order valence-electron chi connectivity index (χ2n) is 5.85. The monoisotopic (exact) mass is 301 g/mol. The summed E-state index contributed by atoms with van der Waals surface area (Å²) in [5.41, 5.74) is 4.09. The van der Waals surface area contributed by atoms with Crippen LogP contribution in [0.15, 0.2) is 91.0 Å². The zero-order chi connectivity index (χ0) is 15.7. The van der Waals surface area contributed by atoms with Gasteiger partial charge in [0, 0.05) is 12.6 Å². The fourth-order valence-electron chi connectivity index (χ4n) is 2.86. The predicted octanol–water partition coefficient (Wildman–Crippen LogP) is 5.15. The first kappa shape index (κ1) is 15.5. The van der Waals surface area contributed by atoms with E-state index in [4.69, 9.17) is 0 Å². The van der Waals surface area contributed by atoms with Gasteiger partial charge < -0.3 is 5.32 Å². The summed E-state index contributed by atoms with van der Waals surface area (Å²) < 4.78 is 0. The molecule has 1 atom stereocenters. The Morgan fingerprint density at radius 3 is 1.74 bits per heavy atom. The second-order valence-corrected chi connectivity index (χ2v) is 5.85. The van der Waals surface area contributed by atoms with E-state index in [0.29, 0.717) is 6.04 Å². The second kappa shape index (κ2) is 8.30. The van der Waals surface area contributed by atoms with Gasteiger partial charge in [0.2, 0.25) is 0 Å². The number of hydrogen-bond acceptors (Lipinski definition) is 1. The average molecular weight is 301 g/mol. The van der Waals surface area contributed by atoms with Crippen LogP contribution in [0, 0.1) is 0 Å². The normalized spacial score (nSPS) is 12.0. The van der Waals surface area contributed by atoms with Crippen LogP contribution in [0.2, 0.25) is 0 Å². The van der Waals surface area contributed by atoms with Gasteiger partial charge in [0.05, 0.1) is 0 Å². The van der Waals surface area contributed by atoms with Gasteiger partial charge in [0.25, 0.3) is 0 Å². The van der Waals surface area contributed by atoms with E-state index in [-0.39, 0.29) is 0 Å². The molecule has 0 heterocycles. The minimum Gasteiger partial charge on any atom is -0.306 e. The van der Waals surface area contributed by atoms with Crippen molar-refractivity contribution >= 4 is 0 Å². The number of rotatable bonds is 7. The molecule has 23 heavy (non-hydrogen) atoms. The maximum atomic E-state index is 3.72. The van der Waals surface area contributed by atoms with Gasteiger partial charge >= 0.3 is 0 Å². The molecule has 0 amide bonds. The third-order valence-corrected chi connectivity index (χ3v) is 4.16. The summed E-state index contributed by atoms with van der Waals surface area (Å²) in [4.78, 5) is 0. The van der Waals surface area contributed by atoms with Gasteiger partial charge in [-0.1, -0.05) is 91.0 Å². The van der Waals surface area contributed by atoms with Gasteiger partial charge in [-0.3, -0.25) is 0 Å². The molecule has 0 spiro atoms. The fraction of sp³-hybridized carbons (Fsp3) is 0.182. The third-order valence-electron chi connectivity index (χ3n) is 4.16. The van der Waals surface area contributed by atoms with Crippen LogP contribution in [0.25, 0.3) is 0 Å². The van der Waals surface area contributed by atoms with Crippen molar-refractivity contribution in [2.75, 3.05) is 0 Å². The largest absolute Gasteiger partial charge is 0.306 e. The maximum absolute atomic E-state index is 3.72. The van der Waals surface area contributed by atoms with Crippen LogP contribution in [0.1, 0.15) is 29.2 Å². The van der Waals surface area contributed by atoms with Gasteiger partial charge in [-0.05, 0) is 29.5 Å². The highest BCUT2D eigenvalue weighted by Crippen LogP contribution is 2.20. The molecule has 0 aromatic heterocycles.